The number of hydrogen-bond acceptors (Lipinski definition) is 5. The number of carbonyl (C=O) groups excluding carboxylic acids is 1. The Bertz CT molecular complexity index is 1020. The lowest BCUT2D eigenvalue weighted by Crippen LogP contribution is -2.24. The first-order chi connectivity index (χ1) is 14.4. The third-order valence-electron chi connectivity index (χ3n) is 4.77. The number of rotatable bonds is 8. The number of aryl methyl sites for hydroxylation is 1. The number of carbonyl (C=O) groups is 1. The van der Waals surface area contributed by atoms with Crippen molar-refractivity contribution in [2.45, 2.75) is 33.4 Å². The van der Waals surface area contributed by atoms with Gasteiger partial charge in [0.25, 0.3) is 0 Å². The van der Waals surface area contributed by atoms with Crippen molar-refractivity contribution in [3.05, 3.63) is 69.7 Å². The lowest BCUT2D eigenvalue weighted by Gasteiger charge is -2.21. The van der Waals surface area contributed by atoms with Crippen LogP contribution in [0.3, 0.4) is 0 Å². The van der Waals surface area contributed by atoms with Crippen molar-refractivity contribution in [2.75, 3.05) is 19.1 Å². The number of anilines is 2. The summed E-state index contributed by atoms with van der Waals surface area (Å²) in [5, 5.41) is 3.37. The number of methoxy groups -OCH3 is 1. The number of halogens is 1. The van der Waals surface area contributed by atoms with Crippen molar-refractivity contribution >= 4 is 39.7 Å². The molecule has 7 heteroatoms. The predicted octanol–water partition coefficient (Wildman–Crippen LogP) is 5.68. The van der Waals surface area contributed by atoms with Crippen LogP contribution in [0.4, 0.5) is 10.8 Å². The highest BCUT2D eigenvalue weighted by atomic mass is 35.5. The van der Waals surface area contributed by atoms with Gasteiger partial charge in [-0.2, -0.15) is 0 Å². The number of ether oxygens (including phenoxy) is 1. The minimum Gasteiger partial charge on any atom is -0.496 e. The molecule has 0 spiro atoms. The van der Waals surface area contributed by atoms with Gasteiger partial charge in [-0.1, -0.05) is 36.7 Å². The Balaban J connectivity index is 1.78. The first kappa shape index (κ1) is 22.3. The van der Waals surface area contributed by atoms with Crippen LogP contribution in [0.2, 0.25) is 5.02 Å². The average Bonchev–Trinajstić information content (AvgIpc) is 3.16. The second-order valence-corrected chi connectivity index (χ2v) is 8.36. The van der Waals surface area contributed by atoms with Crippen molar-refractivity contribution in [2.24, 2.45) is 0 Å². The van der Waals surface area contributed by atoms with Gasteiger partial charge in [0.1, 0.15) is 5.75 Å². The highest BCUT2D eigenvalue weighted by Gasteiger charge is 2.20. The molecule has 3 rings (SSSR count). The molecule has 0 bridgehead atoms. The van der Waals surface area contributed by atoms with Gasteiger partial charge in [-0.15, -0.1) is 11.3 Å². The Kier molecular flexibility index (Phi) is 7.48. The molecule has 0 unspecified atom stereocenters. The van der Waals surface area contributed by atoms with Crippen molar-refractivity contribution in [1.82, 2.24) is 9.88 Å². The van der Waals surface area contributed by atoms with Crippen LogP contribution in [0.5, 0.6) is 5.75 Å². The van der Waals surface area contributed by atoms with E-state index in [1.807, 2.05) is 54.9 Å². The zero-order valence-corrected chi connectivity index (χ0v) is 19.3. The fourth-order valence-electron chi connectivity index (χ4n) is 3.40. The van der Waals surface area contributed by atoms with Crippen LogP contribution in [-0.2, 0) is 24.3 Å². The second-order valence-electron chi connectivity index (χ2n) is 7.09. The maximum Gasteiger partial charge on any atom is 0.230 e. The summed E-state index contributed by atoms with van der Waals surface area (Å²) < 4.78 is 5.44. The predicted molar refractivity (Wildman–Crippen MR) is 124 cm³/mol. The summed E-state index contributed by atoms with van der Waals surface area (Å²) in [6.07, 6.45) is 0.850. The van der Waals surface area contributed by atoms with Crippen LogP contribution >= 0.6 is 22.9 Å². The van der Waals surface area contributed by atoms with Crippen molar-refractivity contribution in [3.63, 3.8) is 0 Å². The van der Waals surface area contributed by atoms with Crippen LogP contribution in [0.1, 0.15) is 30.7 Å². The number of nitrogens with zero attached hydrogens (tertiary/aromatic N) is 3. The first-order valence-electron chi connectivity index (χ1n) is 9.76. The zero-order chi connectivity index (χ0) is 21.7. The van der Waals surface area contributed by atoms with Gasteiger partial charge in [-0.3, -0.25) is 14.6 Å². The van der Waals surface area contributed by atoms with E-state index in [1.54, 1.807) is 18.9 Å². The maximum atomic E-state index is 12.4. The molecule has 0 atom stereocenters. The third-order valence-corrected chi connectivity index (χ3v) is 5.88. The van der Waals surface area contributed by atoms with Crippen LogP contribution in [-0.4, -0.2) is 29.9 Å². The molecule has 0 saturated heterocycles. The van der Waals surface area contributed by atoms with E-state index in [2.05, 4.69) is 11.8 Å². The summed E-state index contributed by atoms with van der Waals surface area (Å²) >= 11 is 7.63. The van der Waals surface area contributed by atoms with E-state index < -0.39 is 0 Å². The lowest BCUT2D eigenvalue weighted by molar-refractivity contribution is -0.115. The van der Waals surface area contributed by atoms with Gasteiger partial charge in [-0.05, 0) is 43.3 Å². The molecule has 0 N–H and O–H groups in total. The van der Waals surface area contributed by atoms with Crippen LogP contribution in [0.15, 0.2) is 47.8 Å². The van der Waals surface area contributed by atoms with E-state index in [4.69, 9.17) is 21.3 Å². The summed E-state index contributed by atoms with van der Waals surface area (Å²) in [4.78, 5) is 21.0. The number of para-hydroxylation sites is 1. The number of amides is 1. The van der Waals surface area contributed by atoms with Crippen molar-refractivity contribution in [1.29, 1.82) is 0 Å². The molecule has 0 aliphatic heterocycles. The van der Waals surface area contributed by atoms with Gasteiger partial charge in [0.05, 0.1) is 18.5 Å². The quantitative estimate of drug-likeness (QED) is 0.449. The van der Waals surface area contributed by atoms with E-state index in [-0.39, 0.29) is 5.91 Å². The molecule has 0 saturated carbocycles. The molecular formula is C23H26ClN3O2S. The minimum atomic E-state index is -0.0474. The highest BCUT2D eigenvalue weighted by Crippen LogP contribution is 2.32. The molecule has 158 valence electrons. The summed E-state index contributed by atoms with van der Waals surface area (Å²) in [6.45, 7) is 4.98. The molecule has 0 aliphatic rings. The largest absolute Gasteiger partial charge is 0.496 e. The molecule has 3 aromatic rings. The number of hydrogen-bond donors (Lipinski definition) is 0. The van der Waals surface area contributed by atoms with Gasteiger partial charge in [0, 0.05) is 36.0 Å². The molecule has 5 nitrogen and oxygen atoms in total. The Morgan fingerprint density at radius 1 is 1.17 bits per heavy atom. The standard InChI is InChI=1S/C23H26ClN3O2S/c1-5-17-8-6-7-9-21(17)27(16(2)28)23-25-20(15-30-23)14-26(3)13-18-12-19(24)10-11-22(18)29-4/h6-12,15H,5,13-14H2,1-4H3. The fraction of sp³-hybridized carbons (Fsp3) is 0.304. The fourth-order valence-corrected chi connectivity index (χ4v) is 4.47. The van der Waals surface area contributed by atoms with Gasteiger partial charge < -0.3 is 4.74 Å². The Morgan fingerprint density at radius 3 is 2.63 bits per heavy atom. The zero-order valence-electron chi connectivity index (χ0n) is 17.7. The van der Waals surface area contributed by atoms with Crippen molar-refractivity contribution in [3.8, 4) is 5.75 Å². The van der Waals surface area contributed by atoms with Crippen LogP contribution in [0, 0.1) is 0 Å². The molecule has 1 amide bonds. The average molecular weight is 444 g/mol. The molecule has 2 aromatic carbocycles. The summed E-state index contributed by atoms with van der Waals surface area (Å²) in [5.74, 6) is 0.762. The van der Waals surface area contributed by atoms with Gasteiger partial charge in [-0.25, -0.2) is 4.98 Å². The van der Waals surface area contributed by atoms with Gasteiger partial charge in [0.15, 0.2) is 5.13 Å². The maximum absolute atomic E-state index is 12.4. The van der Waals surface area contributed by atoms with Crippen LogP contribution < -0.4 is 9.64 Å². The lowest BCUT2D eigenvalue weighted by atomic mass is 10.1. The Labute approximate surface area is 186 Å². The third kappa shape index (κ3) is 5.19. The molecule has 1 heterocycles. The van der Waals surface area contributed by atoms with E-state index in [9.17, 15) is 4.79 Å². The Morgan fingerprint density at radius 2 is 1.93 bits per heavy atom. The minimum absolute atomic E-state index is 0.0474. The van der Waals surface area contributed by atoms with Crippen molar-refractivity contribution < 1.29 is 9.53 Å². The summed E-state index contributed by atoms with van der Waals surface area (Å²) in [6, 6.07) is 13.6. The molecule has 30 heavy (non-hydrogen) atoms. The van der Waals surface area contributed by atoms with E-state index in [1.165, 1.54) is 11.3 Å². The molecule has 1 aromatic heterocycles. The molecular weight excluding hydrogens is 418 g/mol. The molecule has 0 fully saturated rings. The Hall–Kier alpha value is -2.41. The summed E-state index contributed by atoms with van der Waals surface area (Å²) in [7, 11) is 3.68. The summed E-state index contributed by atoms with van der Waals surface area (Å²) in [5.41, 5.74) is 3.95. The monoisotopic (exact) mass is 443 g/mol. The smallest absolute Gasteiger partial charge is 0.230 e. The number of aromatic nitrogens is 1. The normalized spacial score (nSPS) is 11.0. The number of benzene rings is 2. The number of thiazole rings is 1. The first-order valence-corrected chi connectivity index (χ1v) is 11.0. The van der Waals surface area contributed by atoms with Gasteiger partial charge in [0.2, 0.25) is 5.91 Å². The molecule has 0 radical (unpaired) electrons. The molecule has 0 aliphatic carbocycles. The van der Waals surface area contributed by atoms with Crippen LogP contribution in [0.25, 0.3) is 0 Å². The van der Waals surface area contributed by atoms with E-state index in [0.29, 0.717) is 23.2 Å². The van der Waals surface area contributed by atoms with Gasteiger partial charge >= 0.3 is 0 Å². The van der Waals surface area contributed by atoms with E-state index >= 15 is 0 Å². The second kappa shape index (κ2) is 10.1. The SMILES string of the molecule is CCc1ccccc1N(C(C)=O)c1nc(CN(C)Cc2cc(Cl)ccc2OC)cs1. The van der Waals surface area contributed by atoms with E-state index in [0.717, 1.165) is 34.7 Å². The topological polar surface area (TPSA) is 45.7 Å². The highest BCUT2D eigenvalue weighted by molar-refractivity contribution is 7.14.